The average Bonchev–Trinajstić information content (AvgIpc) is 2.83. The topological polar surface area (TPSA) is 125 Å². The number of anilines is 1. The third kappa shape index (κ3) is 7.81. The number of carboxylic acids is 1. The van der Waals surface area contributed by atoms with Gasteiger partial charge in [0.25, 0.3) is 0 Å². The molecule has 8 nitrogen and oxygen atoms in total. The summed E-state index contributed by atoms with van der Waals surface area (Å²) in [7, 11) is -4.08. The number of nitrogens with one attached hydrogen (secondary N) is 3. The van der Waals surface area contributed by atoms with Crippen LogP contribution in [0.3, 0.4) is 0 Å². The van der Waals surface area contributed by atoms with Gasteiger partial charge in [-0.15, -0.1) is 0 Å². The van der Waals surface area contributed by atoms with E-state index in [-0.39, 0.29) is 22.4 Å². The molecule has 3 aromatic carbocycles. The fourth-order valence-electron chi connectivity index (χ4n) is 3.39. The van der Waals surface area contributed by atoms with Crippen molar-refractivity contribution in [1.29, 1.82) is 0 Å². The summed E-state index contributed by atoms with van der Waals surface area (Å²) in [4.78, 5) is 23.7. The van der Waals surface area contributed by atoms with Crippen molar-refractivity contribution in [3.8, 4) is 11.1 Å². The Morgan fingerprint density at radius 1 is 0.944 bits per heavy atom. The minimum absolute atomic E-state index is 0.0486. The molecule has 4 N–H and O–H groups in total. The summed E-state index contributed by atoms with van der Waals surface area (Å²) in [5.41, 5.74) is 3.00. The van der Waals surface area contributed by atoms with E-state index in [1.807, 2.05) is 44.2 Å². The summed E-state index contributed by atoms with van der Waals surface area (Å²) < 4.78 is 27.5. The quantitative estimate of drug-likeness (QED) is 0.301. The van der Waals surface area contributed by atoms with Crippen molar-refractivity contribution >= 4 is 39.3 Å². The van der Waals surface area contributed by atoms with E-state index in [1.54, 1.807) is 18.2 Å². The van der Waals surface area contributed by atoms with Gasteiger partial charge in [0.1, 0.15) is 6.04 Å². The highest BCUT2D eigenvalue weighted by Crippen LogP contribution is 2.24. The standard InChI is InChI=1S/C26H28ClN3O5S/c1-17(2)16-28-26(33)29-22-7-3-5-20(14-22)19-11-9-18(10-12-19)13-24(25(31)32)30-36(34,35)23-8-4-6-21(27)15-23/h3-12,14-15,17,24,30H,13,16H2,1-2H3,(H,31,32)(H2,28,29,33). The maximum Gasteiger partial charge on any atom is 0.322 e. The van der Waals surface area contributed by atoms with Gasteiger partial charge in [0, 0.05) is 17.3 Å². The van der Waals surface area contributed by atoms with Crippen LogP contribution in [0.25, 0.3) is 11.1 Å². The van der Waals surface area contributed by atoms with Crippen LogP contribution in [0, 0.1) is 5.92 Å². The minimum atomic E-state index is -4.08. The molecule has 0 saturated carbocycles. The number of rotatable bonds is 10. The second-order valence-corrected chi connectivity index (χ2v) is 10.8. The fourth-order valence-corrected chi connectivity index (χ4v) is 4.88. The molecule has 0 fully saturated rings. The van der Waals surface area contributed by atoms with Crippen molar-refractivity contribution < 1.29 is 23.1 Å². The highest BCUT2D eigenvalue weighted by Gasteiger charge is 2.26. The Hall–Kier alpha value is -3.40. The number of sulfonamides is 1. The number of halogens is 1. The van der Waals surface area contributed by atoms with E-state index < -0.39 is 22.0 Å². The van der Waals surface area contributed by atoms with Crippen molar-refractivity contribution in [2.24, 2.45) is 5.92 Å². The first kappa shape index (κ1) is 27.2. The Bertz CT molecular complexity index is 1330. The predicted molar refractivity (Wildman–Crippen MR) is 141 cm³/mol. The zero-order valence-electron chi connectivity index (χ0n) is 19.9. The molecule has 36 heavy (non-hydrogen) atoms. The third-order valence-electron chi connectivity index (χ3n) is 5.22. The normalized spacial score (nSPS) is 12.2. The summed E-state index contributed by atoms with van der Waals surface area (Å²) in [5.74, 6) is -0.951. The van der Waals surface area contributed by atoms with Crippen molar-refractivity contribution in [3.05, 3.63) is 83.4 Å². The molecule has 190 valence electrons. The molecule has 3 rings (SSSR count). The van der Waals surface area contributed by atoms with Gasteiger partial charge in [0.2, 0.25) is 10.0 Å². The molecular formula is C26H28ClN3O5S. The van der Waals surface area contributed by atoms with E-state index in [0.717, 1.165) is 11.1 Å². The maximum absolute atomic E-state index is 12.6. The van der Waals surface area contributed by atoms with E-state index in [4.69, 9.17) is 11.6 Å². The number of hydrogen-bond acceptors (Lipinski definition) is 4. The van der Waals surface area contributed by atoms with Gasteiger partial charge in [-0.1, -0.05) is 67.9 Å². The second-order valence-electron chi connectivity index (χ2n) is 8.68. The van der Waals surface area contributed by atoms with Crippen LogP contribution in [-0.4, -0.2) is 38.1 Å². The molecular weight excluding hydrogens is 502 g/mol. The van der Waals surface area contributed by atoms with Gasteiger partial charge < -0.3 is 15.7 Å². The van der Waals surface area contributed by atoms with Crippen molar-refractivity contribution in [3.63, 3.8) is 0 Å². The molecule has 0 spiro atoms. The zero-order valence-corrected chi connectivity index (χ0v) is 21.4. The van der Waals surface area contributed by atoms with Crippen LogP contribution in [0.5, 0.6) is 0 Å². The van der Waals surface area contributed by atoms with Crippen LogP contribution in [0.2, 0.25) is 5.02 Å². The number of benzene rings is 3. The summed E-state index contributed by atoms with van der Waals surface area (Å²) >= 11 is 5.87. The third-order valence-corrected chi connectivity index (χ3v) is 6.92. The smallest absolute Gasteiger partial charge is 0.322 e. The van der Waals surface area contributed by atoms with E-state index in [0.29, 0.717) is 23.7 Å². The van der Waals surface area contributed by atoms with Crippen LogP contribution in [0.15, 0.2) is 77.7 Å². The van der Waals surface area contributed by atoms with Crippen LogP contribution >= 0.6 is 11.6 Å². The number of carboxylic acid groups (broad SMARTS) is 1. The molecule has 0 heterocycles. The fraction of sp³-hybridized carbons (Fsp3) is 0.231. The first-order valence-corrected chi connectivity index (χ1v) is 13.1. The average molecular weight is 530 g/mol. The van der Waals surface area contributed by atoms with E-state index >= 15 is 0 Å². The lowest BCUT2D eigenvalue weighted by molar-refractivity contribution is -0.138. The monoisotopic (exact) mass is 529 g/mol. The van der Waals surface area contributed by atoms with E-state index in [1.165, 1.54) is 24.3 Å². The number of aliphatic carboxylic acids is 1. The lowest BCUT2D eigenvalue weighted by Gasteiger charge is -2.15. The Labute approximate surface area is 215 Å². The molecule has 3 aromatic rings. The first-order chi connectivity index (χ1) is 17.0. The molecule has 0 radical (unpaired) electrons. The first-order valence-electron chi connectivity index (χ1n) is 11.3. The van der Waals surface area contributed by atoms with Crippen LogP contribution in [0.1, 0.15) is 19.4 Å². The minimum Gasteiger partial charge on any atom is -0.480 e. The Balaban J connectivity index is 1.70. The van der Waals surface area contributed by atoms with Gasteiger partial charge >= 0.3 is 12.0 Å². The largest absolute Gasteiger partial charge is 0.480 e. The molecule has 1 unspecified atom stereocenters. The van der Waals surface area contributed by atoms with Crippen molar-refractivity contribution in [1.82, 2.24) is 10.0 Å². The maximum atomic E-state index is 12.6. The highest BCUT2D eigenvalue weighted by molar-refractivity contribution is 7.89. The lowest BCUT2D eigenvalue weighted by Crippen LogP contribution is -2.42. The Kier molecular flexibility index (Phi) is 9.08. The van der Waals surface area contributed by atoms with E-state index in [9.17, 15) is 23.1 Å². The molecule has 0 aliphatic carbocycles. The van der Waals surface area contributed by atoms with Crippen LogP contribution < -0.4 is 15.4 Å². The molecule has 1 atom stereocenters. The Morgan fingerprint density at radius 3 is 2.28 bits per heavy atom. The summed E-state index contributed by atoms with van der Waals surface area (Å²) in [5, 5.41) is 15.5. The summed E-state index contributed by atoms with van der Waals surface area (Å²) in [6.07, 6.45) is -0.0486. The second kappa shape index (κ2) is 12.0. The van der Waals surface area contributed by atoms with Gasteiger partial charge in [0.15, 0.2) is 0 Å². The SMILES string of the molecule is CC(C)CNC(=O)Nc1cccc(-c2ccc(CC(NS(=O)(=O)c3cccc(Cl)c3)C(=O)O)cc2)c1. The molecule has 0 bridgehead atoms. The van der Waals surface area contributed by atoms with Crippen molar-refractivity contribution in [2.45, 2.75) is 31.2 Å². The molecule has 0 aromatic heterocycles. The molecule has 10 heteroatoms. The predicted octanol–water partition coefficient (Wildman–Crippen LogP) is 4.76. The van der Waals surface area contributed by atoms with E-state index in [2.05, 4.69) is 15.4 Å². The highest BCUT2D eigenvalue weighted by atomic mass is 35.5. The summed E-state index contributed by atoms with van der Waals surface area (Å²) in [6.45, 7) is 4.59. The van der Waals surface area contributed by atoms with Crippen LogP contribution in [0.4, 0.5) is 10.5 Å². The summed E-state index contributed by atoms with van der Waals surface area (Å²) in [6, 6.07) is 18.4. The molecule has 0 aliphatic heterocycles. The lowest BCUT2D eigenvalue weighted by atomic mass is 10.0. The number of hydrogen-bond donors (Lipinski definition) is 4. The number of urea groups is 1. The number of amides is 2. The van der Waals surface area contributed by atoms with Gasteiger partial charge in [0.05, 0.1) is 4.90 Å². The van der Waals surface area contributed by atoms with Gasteiger partial charge in [-0.05, 0) is 59.4 Å². The molecule has 2 amide bonds. The van der Waals surface area contributed by atoms with Crippen LogP contribution in [-0.2, 0) is 21.2 Å². The Morgan fingerprint density at radius 2 is 1.64 bits per heavy atom. The van der Waals surface area contributed by atoms with Gasteiger partial charge in [-0.3, -0.25) is 4.79 Å². The van der Waals surface area contributed by atoms with Gasteiger partial charge in [-0.2, -0.15) is 4.72 Å². The van der Waals surface area contributed by atoms with Gasteiger partial charge in [-0.25, -0.2) is 13.2 Å². The molecule has 0 saturated heterocycles. The molecule has 0 aliphatic rings. The van der Waals surface area contributed by atoms with Crippen molar-refractivity contribution in [2.75, 3.05) is 11.9 Å². The number of carbonyl (C=O) groups excluding carboxylic acids is 1. The zero-order chi connectivity index (χ0) is 26.3. The number of carbonyl (C=O) groups is 2.